The summed E-state index contributed by atoms with van der Waals surface area (Å²) in [6.07, 6.45) is 3.23. The molecule has 14 heavy (non-hydrogen) atoms. The van der Waals surface area contributed by atoms with Crippen LogP contribution in [0.3, 0.4) is 0 Å². The van der Waals surface area contributed by atoms with E-state index in [9.17, 15) is 4.79 Å². The molecule has 1 aromatic heterocycles. The third kappa shape index (κ3) is 2.19. The Labute approximate surface area is 87.1 Å². The third-order valence-corrected chi connectivity index (χ3v) is 3.32. The predicted octanol–water partition coefficient (Wildman–Crippen LogP) is 1.60. The van der Waals surface area contributed by atoms with Crippen molar-refractivity contribution in [3.63, 3.8) is 0 Å². The van der Waals surface area contributed by atoms with Gasteiger partial charge in [0.2, 0.25) is 0 Å². The molecule has 1 fully saturated rings. The molecule has 1 aromatic rings. The molecule has 0 bridgehead atoms. The predicted molar refractivity (Wildman–Crippen MR) is 54.5 cm³/mol. The Kier molecular flexibility index (Phi) is 2.93. The van der Waals surface area contributed by atoms with Gasteiger partial charge in [0, 0.05) is 23.4 Å². The number of ketones is 1. The highest BCUT2D eigenvalue weighted by Crippen LogP contribution is 2.20. The van der Waals surface area contributed by atoms with Crippen LogP contribution in [0.1, 0.15) is 16.3 Å². The number of aryl methyl sites for hydroxylation is 1. The van der Waals surface area contributed by atoms with Gasteiger partial charge in [0.1, 0.15) is 5.78 Å². The molecule has 0 saturated carbocycles. The normalized spacial score (nSPS) is 22.6. The summed E-state index contributed by atoms with van der Waals surface area (Å²) in [4.78, 5) is 16.9. The highest BCUT2D eigenvalue weighted by atomic mass is 32.1. The number of thiazole rings is 1. The Hall–Kier alpha value is -0.740. The minimum atomic E-state index is 0.0589. The van der Waals surface area contributed by atoms with Gasteiger partial charge in [0.15, 0.2) is 0 Å². The van der Waals surface area contributed by atoms with Crippen molar-refractivity contribution in [2.45, 2.75) is 19.8 Å². The molecule has 1 aliphatic rings. The molecule has 2 heterocycles. The van der Waals surface area contributed by atoms with E-state index < -0.39 is 0 Å². The maximum Gasteiger partial charge on any atom is 0.140 e. The first-order valence-electron chi connectivity index (χ1n) is 4.77. The highest BCUT2D eigenvalue weighted by molar-refractivity contribution is 7.11. The first kappa shape index (κ1) is 9.80. The summed E-state index contributed by atoms with van der Waals surface area (Å²) in [5.74, 6) is 0.394. The average molecular weight is 211 g/mol. The number of nitrogens with zero attached hydrogens (tertiary/aromatic N) is 1. The zero-order valence-corrected chi connectivity index (χ0v) is 8.97. The Morgan fingerprint density at radius 1 is 1.71 bits per heavy atom. The molecule has 0 N–H and O–H groups in total. The first-order chi connectivity index (χ1) is 6.75. The van der Waals surface area contributed by atoms with Crippen LogP contribution in [0.5, 0.6) is 0 Å². The number of aromatic nitrogens is 1. The van der Waals surface area contributed by atoms with Crippen molar-refractivity contribution in [2.75, 3.05) is 13.2 Å². The summed E-state index contributed by atoms with van der Waals surface area (Å²) in [5.41, 5.74) is 0. The van der Waals surface area contributed by atoms with Gasteiger partial charge in [0.25, 0.3) is 0 Å². The maximum atomic E-state index is 11.5. The molecule has 1 unspecified atom stereocenters. The summed E-state index contributed by atoms with van der Waals surface area (Å²) >= 11 is 1.66. The fourth-order valence-electron chi connectivity index (χ4n) is 1.61. The number of ether oxygens (including phenoxy) is 1. The van der Waals surface area contributed by atoms with Gasteiger partial charge in [-0.05, 0) is 13.3 Å². The van der Waals surface area contributed by atoms with Crippen LogP contribution in [0, 0.1) is 12.8 Å². The van der Waals surface area contributed by atoms with E-state index >= 15 is 0 Å². The first-order valence-corrected chi connectivity index (χ1v) is 5.59. The zero-order chi connectivity index (χ0) is 9.97. The van der Waals surface area contributed by atoms with Crippen molar-refractivity contribution in [1.29, 1.82) is 0 Å². The van der Waals surface area contributed by atoms with Gasteiger partial charge in [-0.15, -0.1) is 11.3 Å². The minimum absolute atomic E-state index is 0.0589. The molecular weight excluding hydrogens is 198 g/mol. The average Bonchev–Trinajstić information content (AvgIpc) is 2.56. The SMILES string of the molecule is Cc1ncc(CC2COCCC2=O)s1. The number of carbonyl (C=O) groups excluding carboxylic acids is 1. The van der Waals surface area contributed by atoms with Crippen LogP contribution in [0.2, 0.25) is 0 Å². The molecular formula is C10H13NO2S. The van der Waals surface area contributed by atoms with E-state index in [0.717, 1.165) is 11.4 Å². The summed E-state index contributed by atoms with van der Waals surface area (Å²) in [6.45, 7) is 3.15. The summed E-state index contributed by atoms with van der Waals surface area (Å²) in [6, 6.07) is 0. The lowest BCUT2D eigenvalue weighted by atomic mass is 9.97. The summed E-state index contributed by atoms with van der Waals surface area (Å²) in [5, 5.41) is 1.06. The molecule has 1 aliphatic heterocycles. The second-order valence-electron chi connectivity index (χ2n) is 3.54. The Balaban J connectivity index is 1.99. The lowest BCUT2D eigenvalue weighted by Gasteiger charge is -2.19. The van der Waals surface area contributed by atoms with Crippen LogP contribution < -0.4 is 0 Å². The van der Waals surface area contributed by atoms with Gasteiger partial charge in [0.05, 0.1) is 18.2 Å². The van der Waals surface area contributed by atoms with Crippen LogP contribution in [0.15, 0.2) is 6.20 Å². The fourth-order valence-corrected chi connectivity index (χ4v) is 2.49. The van der Waals surface area contributed by atoms with Crippen LogP contribution in [-0.4, -0.2) is 24.0 Å². The molecule has 1 atom stereocenters. The van der Waals surface area contributed by atoms with E-state index in [1.165, 1.54) is 4.88 Å². The van der Waals surface area contributed by atoms with Crippen LogP contribution in [0.25, 0.3) is 0 Å². The number of hydrogen-bond acceptors (Lipinski definition) is 4. The molecule has 76 valence electrons. The monoisotopic (exact) mass is 211 g/mol. The molecule has 0 amide bonds. The lowest BCUT2D eigenvalue weighted by Crippen LogP contribution is -2.28. The van der Waals surface area contributed by atoms with Crippen molar-refractivity contribution in [2.24, 2.45) is 5.92 Å². The van der Waals surface area contributed by atoms with E-state index in [-0.39, 0.29) is 5.92 Å². The van der Waals surface area contributed by atoms with Gasteiger partial charge in [-0.2, -0.15) is 0 Å². The van der Waals surface area contributed by atoms with Crippen molar-refractivity contribution in [1.82, 2.24) is 4.98 Å². The van der Waals surface area contributed by atoms with E-state index in [1.807, 2.05) is 13.1 Å². The van der Waals surface area contributed by atoms with Crippen LogP contribution >= 0.6 is 11.3 Å². The van der Waals surface area contributed by atoms with Gasteiger partial charge in [-0.3, -0.25) is 4.79 Å². The topological polar surface area (TPSA) is 39.2 Å². The maximum absolute atomic E-state index is 11.5. The number of carbonyl (C=O) groups is 1. The standard InChI is InChI=1S/C10H13NO2S/c1-7-11-5-9(14-7)4-8-6-13-3-2-10(8)12/h5,8H,2-4,6H2,1H3. The van der Waals surface area contributed by atoms with Crippen molar-refractivity contribution >= 4 is 17.1 Å². The molecule has 0 radical (unpaired) electrons. The fraction of sp³-hybridized carbons (Fsp3) is 0.600. The summed E-state index contributed by atoms with van der Waals surface area (Å²) in [7, 11) is 0. The van der Waals surface area contributed by atoms with Gasteiger partial charge < -0.3 is 4.74 Å². The molecule has 1 saturated heterocycles. The van der Waals surface area contributed by atoms with Gasteiger partial charge in [-0.25, -0.2) is 4.98 Å². The Morgan fingerprint density at radius 2 is 2.57 bits per heavy atom. The molecule has 0 spiro atoms. The van der Waals surface area contributed by atoms with E-state index in [1.54, 1.807) is 11.3 Å². The van der Waals surface area contributed by atoms with E-state index in [2.05, 4.69) is 4.98 Å². The summed E-state index contributed by atoms with van der Waals surface area (Å²) < 4.78 is 5.29. The van der Waals surface area contributed by atoms with Crippen molar-refractivity contribution < 1.29 is 9.53 Å². The third-order valence-electron chi connectivity index (χ3n) is 2.38. The molecule has 2 rings (SSSR count). The molecule has 0 aliphatic carbocycles. The molecule has 4 heteroatoms. The largest absolute Gasteiger partial charge is 0.380 e. The second kappa shape index (κ2) is 4.19. The number of hydrogen-bond donors (Lipinski definition) is 0. The smallest absolute Gasteiger partial charge is 0.140 e. The van der Waals surface area contributed by atoms with Crippen molar-refractivity contribution in [3.05, 3.63) is 16.1 Å². The Bertz CT molecular complexity index is 335. The molecule has 3 nitrogen and oxygen atoms in total. The highest BCUT2D eigenvalue weighted by Gasteiger charge is 2.23. The van der Waals surface area contributed by atoms with Gasteiger partial charge in [-0.1, -0.05) is 0 Å². The van der Waals surface area contributed by atoms with Crippen molar-refractivity contribution in [3.8, 4) is 0 Å². The van der Waals surface area contributed by atoms with E-state index in [0.29, 0.717) is 25.4 Å². The van der Waals surface area contributed by atoms with Gasteiger partial charge >= 0.3 is 0 Å². The van der Waals surface area contributed by atoms with Crippen LogP contribution in [0.4, 0.5) is 0 Å². The number of Topliss-reactive ketones (excluding diaryl/α,β-unsaturated/α-hetero) is 1. The zero-order valence-electron chi connectivity index (χ0n) is 8.16. The lowest BCUT2D eigenvalue weighted by molar-refractivity contribution is -0.130. The Morgan fingerprint density at radius 3 is 3.21 bits per heavy atom. The second-order valence-corrected chi connectivity index (χ2v) is 4.86. The van der Waals surface area contributed by atoms with E-state index in [4.69, 9.17) is 4.74 Å². The number of rotatable bonds is 2. The minimum Gasteiger partial charge on any atom is -0.380 e. The van der Waals surface area contributed by atoms with Crippen LogP contribution in [-0.2, 0) is 16.0 Å². The molecule has 0 aromatic carbocycles. The quantitative estimate of drug-likeness (QED) is 0.746.